The second kappa shape index (κ2) is 34.6. The Balaban J connectivity index is 1.28. The molecule has 0 spiro atoms. The summed E-state index contributed by atoms with van der Waals surface area (Å²) in [4.78, 5) is 130. The third kappa shape index (κ3) is 19.5. The number of thiazole rings is 2. The van der Waals surface area contributed by atoms with E-state index in [9.17, 15) is 74.4 Å². The second-order valence-electron chi connectivity index (χ2n) is 21.9. The summed E-state index contributed by atoms with van der Waals surface area (Å²) in [5.74, 6) is -8.78. The number of nitrogen functional groups attached to an aromatic ring is 1. The number of carbonyl (C=O) groups is 8. The number of anilines is 1. The van der Waals surface area contributed by atoms with E-state index in [0.29, 0.717) is 35.2 Å². The standard InChI is InChI=1S/C53H80N18O21S2/c1-18-31(68-44(71-42(18)57)23(10-29(56)75)63-11-22(55)43(58)81)48(85)70-33(39(24-12-60-17-64-24)90-52-41(37(79)35(77)27(13-72)89-52)91-51-38(80)40(92-53(59)87)36(78)28(14-73)88-51)49(86)65-20(3)34(76)19(2)45(82)69-32(21(4)74)47(84)62-9-6-30-66-26(16-93-30)50-67-25(15-94-50)46(83)61-8-5-7-54/h12,15-17,19-23,27-28,32-41,51-52,63,72-74,76-80H,5-11,13-14,54-55H2,1-4H3,(H2,56,75)(H2,58,81)(H2,59,87)(H,60,64)(H,61,83)(H,62,84)(H,65,86)(H,69,82)(H,70,85)(H2,57,68,71). The molecule has 4 aromatic heterocycles. The Labute approximate surface area is 542 Å². The van der Waals surface area contributed by atoms with Crippen LogP contribution in [0.1, 0.15) is 88.8 Å². The molecular formula is C53H80N18O21S2. The molecule has 520 valence electrons. The van der Waals surface area contributed by atoms with Crippen LogP contribution in [0.3, 0.4) is 0 Å². The molecule has 19 unspecified atom stereocenters. The molecule has 19 atom stereocenters. The number of primary amides is 3. The van der Waals surface area contributed by atoms with Crippen LogP contribution in [0.15, 0.2) is 23.3 Å². The molecule has 94 heavy (non-hydrogen) atoms. The van der Waals surface area contributed by atoms with Gasteiger partial charge in [-0.25, -0.2) is 29.7 Å². The Morgan fingerprint density at radius 2 is 1.47 bits per heavy atom. The van der Waals surface area contributed by atoms with Crippen LogP contribution in [-0.4, -0.2) is 255 Å². The van der Waals surface area contributed by atoms with Crippen LogP contribution in [0.25, 0.3) is 10.7 Å². The van der Waals surface area contributed by atoms with E-state index < -0.39 is 183 Å². The zero-order valence-electron chi connectivity index (χ0n) is 51.0. The lowest BCUT2D eigenvalue weighted by atomic mass is 9.96. The first-order valence-corrected chi connectivity index (χ1v) is 30.9. The number of aromatic nitrogens is 6. The fourth-order valence-electron chi connectivity index (χ4n) is 9.54. The maximum absolute atomic E-state index is 15.2. The van der Waals surface area contributed by atoms with Gasteiger partial charge in [-0.3, -0.25) is 33.6 Å². The van der Waals surface area contributed by atoms with E-state index in [0.717, 1.165) is 12.5 Å². The minimum atomic E-state index is -2.20. The normalized spacial score (nSPS) is 24.2. The quantitative estimate of drug-likeness (QED) is 0.0193. The Morgan fingerprint density at radius 3 is 2.10 bits per heavy atom. The number of ether oxygens (including phenoxy) is 5. The van der Waals surface area contributed by atoms with Crippen molar-refractivity contribution in [3.63, 3.8) is 0 Å². The van der Waals surface area contributed by atoms with Crippen LogP contribution in [0, 0.1) is 12.8 Å². The van der Waals surface area contributed by atoms with Gasteiger partial charge in [-0.2, -0.15) is 0 Å². The van der Waals surface area contributed by atoms with Gasteiger partial charge in [0.15, 0.2) is 18.7 Å². The van der Waals surface area contributed by atoms with Gasteiger partial charge in [-0.05, 0) is 33.7 Å². The van der Waals surface area contributed by atoms with Crippen LogP contribution in [0.5, 0.6) is 0 Å². The van der Waals surface area contributed by atoms with E-state index in [2.05, 4.69) is 61.8 Å². The van der Waals surface area contributed by atoms with Gasteiger partial charge < -0.3 is 136 Å². The highest BCUT2D eigenvalue weighted by Crippen LogP contribution is 2.35. The average molecular weight is 1370 g/mol. The van der Waals surface area contributed by atoms with Crippen molar-refractivity contribution in [2.24, 2.45) is 34.6 Å². The van der Waals surface area contributed by atoms with Gasteiger partial charge in [0, 0.05) is 48.8 Å². The van der Waals surface area contributed by atoms with Crippen molar-refractivity contribution in [2.75, 3.05) is 45.1 Å². The molecule has 2 fully saturated rings. The minimum absolute atomic E-state index is 0.0147. The average Bonchev–Trinajstić information content (AvgIpc) is 0.993. The Morgan fingerprint density at radius 1 is 0.777 bits per heavy atom. The highest BCUT2D eigenvalue weighted by atomic mass is 32.1. The molecule has 0 saturated carbocycles. The number of carbonyl (C=O) groups excluding carboxylic acids is 8. The first-order valence-electron chi connectivity index (χ1n) is 29.1. The van der Waals surface area contributed by atoms with Gasteiger partial charge in [0.2, 0.25) is 29.5 Å². The van der Waals surface area contributed by atoms with Crippen molar-refractivity contribution < 1.29 is 103 Å². The predicted molar refractivity (Wildman–Crippen MR) is 324 cm³/mol. The monoisotopic (exact) mass is 1370 g/mol. The number of nitrogens with one attached hydrogen (secondary N) is 7. The van der Waals surface area contributed by atoms with Gasteiger partial charge in [0.25, 0.3) is 11.8 Å². The van der Waals surface area contributed by atoms with Crippen LogP contribution < -0.4 is 66.3 Å². The summed E-state index contributed by atoms with van der Waals surface area (Å²) < 4.78 is 28.7. The summed E-state index contributed by atoms with van der Waals surface area (Å²) in [5.41, 5.74) is 33.5. The summed E-state index contributed by atoms with van der Waals surface area (Å²) in [6.45, 7) is 3.41. The largest absolute Gasteiger partial charge is 0.441 e. The van der Waals surface area contributed by atoms with Gasteiger partial charge in [-0.1, -0.05) is 6.92 Å². The maximum atomic E-state index is 15.2. The number of rotatable bonds is 34. The maximum Gasteiger partial charge on any atom is 0.404 e. The molecule has 6 heterocycles. The molecule has 0 bridgehead atoms. The Bertz CT molecular complexity index is 3220. The number of hydrogen-bond donors (Lipinski definition) is 21. The second-order valence-corrected chi connectivity index (χ2v) is 23.7. The first-order chi connectivity index (χ1) is 44.5. The number of hydrogen-bond acceptors (Lipinski definition) is 32. The number of aliphatic hydroxyl groups excluding tert-OH is 8. The highest BCUT2D eigenvalue weighted by molar-refractivity contribution is 7.14. The summed E-state index contributed by atoms with van der Waals surface area (Å²) >= 11 is 2.48. The molecule has 2 aliphatic heterocycles. The van der Waals surface area contributed by atoms with Gasteiger partial charge in [-0.15, -0.1) is 22.7 Å². The highest BCUT2D eigenvalue weighted by Gasteiger charge is 2.54. The topological polar surface area (TPSA) is 653 Å². The van der Waals surface area contributed by atoms with Crippen molar-refractivity contribution in [3.05, 3.63) is 56.8 Å². The number of amides is 8. The molecule has 0 radical (unpaired) electrons. The van der Waals surface area contributed by atoms with Crippen LogP contribution in [0.2, 0.25) is 0 Å². The number of imidazole rings is 1. The lowest BCUT2D eigenvalue weighted by Crippen LogP contribution is -2.65. The smallest absolute Gasteiger partial charge is 0.404 e. The molecule has 6 rings (SSSR count). The van der Waals surface area contributed by atoms with Crippen LogP contribution >= 0.6 is 22.7 Å². The van der Waals surface area contributed by atoms with Crippen molar-refractivity contribution in [3.8, 4) is 10.7 Å². The third-order valence-corrected chi connectivity index (χ3v) is 16.7. The number of nitrogens with zero attached hydrogens (tertiary/aromatic N) is 5. The molecular weight excluding hydrogens is 1290 g/mol. The van der Waals surface area contributed by atoms with Gasteiger partial charge in [0.05, 0.1) is 72.7 Å². The fourth-order valence-corrected chi connectivity index (χ4v) is 11.2. The molecule has 41 heteroatoms. The van der Waals surface area contributed by atoms with Gasteiger partial charge >= 0.3 is 6.09 Å². The van der Waals surface area contributed by atoms with Crippen molar-refractivity contribution >= 4 is 75.9 Å². The zero-order valence-corrected chi connectivity index (χ0v) is 52.7. The molecule has 2 aliphatic rings. The van der Waals surface area contributed by atoms with E-state index >= 15 is 4.79 Å². The summed E-state index contributed by atoms with van der Waals surface area (Å²) in [7, 11) is 0. The Kier molecular flexibility index (Phi) is 27.8. The van der Waals surface area contributed by atoms with E-state index in [1.807, 2.05) is 0 Å². The third-order valence-electron chi connectivity index (χ3n) is 14.9. The van der Waals surface area contributed by atoms with Gasteiger partial charge in [0.1, 0.15) is 94.6 Å². The Hall–Kier alpha value is -7.69. The van der Waals surface area contributed by atoms with E-state index in [-0.39, 0.29) is 54.0 Å². The fraction of sp³-hybridized carbons (Fsp3) is 0.604. The van der Waals surface area contributed by atoms with E-state index in [4.69, 9.17) is 58.1 Å². The van der Waals surface area contributed by atoms with Crippen molar-refractivity contribution in [1.82, 2.24) is 61.8 Å². The predicted octanol–water partition coefficient (Wildman–Crippen LogP) is -8.62. The van der Waals surface area contributed by atoms with E-state index in [1.54, 1.807) is 10.8 Å². The van der Waals surface area contributed by atoms with Crippen molar-refractivity contribution in [1.29, 1.82) is 0 Å². The SMILES string of the molecule is Cc1c(N)nc(C(CC(N)=O)NCC(N)C(N)=O)nc1C(=O)NC(C(=O)NC(C)C(O)C(C)C(=O)NC(C(=O)NCCc1nc(-c2nc(C(=O)NCCCN)cs2)cs1)C(C)O)C(OC1OC(CO)C(O)C(O)C1OC1OC(CO)C(O)C(OC(N)=O)C1O)c1cnc[nH]1. The molecule has 2 saturated heterocycles. The lowest BCUT2D eigenvalue weighted by molar-refractivity contribution is -0.372. The summed E-state index contributed by atoms with van der Waals surface area (Å²) in [6.07, 6.45) is -24.5. The molecule has 39 nitrogen and oxygen atoms in total. The zero-order chi connectivity index (χ0) is 69.4. The number of H-pyrrole nitrogens is 1. The molecule has 27 N–H and O–H groups in total. The number of aliphatic hydroxyl groups is 8. The number of nitrogens with two attached hydrogens (primary N) is 6. The molecule has 0 aromatic carbocycles. The lowest BCUT2D eigenvalue weighted by Gasteiger charge is -2.47. The summed E-state index contributed by atoms with van der Waals surface area (Å²) in [5, 5.41) is 108. The van der Waals surface area contributed by atoms with Crippen LogP contribution in [-0.2, 0) is 54.1 Å². The first kappa shape index (κ1) is 75.3. The number of aromatic amines is 1. The minimum Gasteiger partial charge on any atom is -0.441 e. The summed E-state index contributed by atoms with van der Waals surface area (Å²) in [6, 6.07) is -7.86. The molecule has 0 aliphatic carbocycles. The molecule has 8 amide bonds. The van der Waals surface area contributed by atoms with E-state index in [1.165, 1.54) is 50.4 Å². The van der Waals surface area contributed by atoms with Crippen molar-refractivity contribution in [2.45, 2.75) is 157 Å². The molecule has 4 aromatic rings. The van der Waals surface area contributed by atoms with Crippen LogP contribution in [0.4, 0.5) is 10.6 Å².